The Hall–Kier alpha value is -1.18. The number of nitrogens with one attached hydrogen (secondary N) is 1. The molecule has 2 nitrogen and oxygen atoms in total. The van der Waals surface area contributed by atoms with Crippen LogP contribution >= 0.6 is 0 Å². The highest BCUT2D eigenvalue weighted by atomic mass is 14.7. The smallest absolute Gasteiger partial charge is 0.0816 e. The van der Waals surface area contributed by atoms with Crippen molar-refractivity contribution in [2.24, 2.45) is 4.99 Å². The van der Waals surface area contributed by atoms with Crippen LogP contribution in [0.3, 0.4) is 0 Å². The van der Waals surface area contributed by atoms with E-state index in [2.05, 4.69) is 4.99 Å². The highest BCUT2D eigenvalue weighted by molar-refractivity contribution is 6.49. The third-order valence-corrected chi connectivity index (χ3v) is 1.35. The van der Waals surface area contributed by atoms with Gasteiger partial charge in [0.25, 0.3) is 0 Å². The Balaban J connectivity index is 2.91. The van der Waals surface area contributed by atoms with E-state index in [0.29, 0.717) is 5.71 Å². The normalized spacial score (nSPS) is 21.7. The van der Waals surface area contributed by atoms with Crippen LogP contribution in [0.5, 0.6) is 0 Å². The average Bonchev–Trinajstić information content (AvgIpc) is 2.13. The summed E-state index contributed by atoms with van der Waals surface area (Å²) in [6.45, 7) is 0. The molecule has 0 saturated heterocycles. The lowest BCUT2D eigenvalue weighted by molar-refractivity contribution is 1.41. The van der Waals surface area contributed by atoms with E-state index in [0.717, 1.165) is 12.1 Å². The van der Waals surface area contributed by atoms with Crippen LogP contribution < -0.4 is 0 Å². The van der Waals surface area contributed by atoms with Crippen molar-refractivity contribution in [3.8, 4) is 0 Å². The van der Waals surface area contributed by atoms with Crippen LogP contribution in [0.2, 0.25) is 0 Å². The zero-order valence-corrected chi connectivity index (χ0v) is 5.96. The van der Waals surface area contributed by atoms with Gasteiger partial charge < -0.3 is 0 Å². The molecule has 0 atom stereocenters. The number of allylic oxidation sites excluding steroid dienone is 4. The molecule has 1 N–H and O–H groups in total. The first-order chi connectivity index (χ1) is 4.84. The Morgan fingerprint density at radius 2 is 2.10 bits per heavy atom. The van der Waals surface area contributed by atoms with Gasteiger partial charge in [-0.3, -0.25) is 10.4 Å². The van der Waals surface area contributed by atoms with E-state index >= 15 is 0 Å². The summed E-state index contributed by atoms with van der Waals surface area (Å²) in [4.78, 5) is 3.94. The van der Waals surface area contributed by atoms with E-state index in [1.54, 1.807) is 13.1 Å². The first kappa shape index (κ1) is 6.93. The second kappa shape index (κ2) is 3.11. The van der Waals surface area contributed by atoms with Crippen LogP contribution in [0, 0.1) is 5.41 Å². The molecule has 0 heterocycles. The van der Waals surface area contributed by atoms with Crippen LogP contribution in [0.25, 0.3) is 0 Å². The van der Waals surface area contributed by atoms with Crippen molar-refractivity contribution in [3.63, 3.8) is 0 Å². The van der Waals surface area contributed by atoms with Gasteiger partial charge >= 0.3 is 0 Å². The molecule has 1 aliphatic carbocycles. The van der Waals surface area contributed by atoms with Crippen molar-refractivity contribution < 1.29 is 0 Å². The zero-order valence-electron chi connectivity index (χ0n) is 5.96. The van der Waals surface area contributed by atoms with E-state index in [4.69, 9.17) is 5.41 Å². The number of aliphatic imine (C=N–C) groups is 1. The summed E-state index contributed by atoms with van der Waals surface area (Å²) in [5.41, 5.74) is 1.25. The summed E-state index contributed by atoms with van der Waals surface area (Å²) in [5.74, 6) is 0. The summed E-state index contributed by atoms with van der Waals surface area (Å²) in [6.07, 6.45) is 8.52. The number of rotatable bonds is 0. The van der Waals surface area contributed by atoms with E-state index in [-0.39, 0.29) is 0 Å². The Labute approximate surface area is 60.5 Å². The molecule has 1 rings (SSSR count). The Morgan fingerprint density at radius 3 is 2.80 bits per heavy atom. The molecule has 0 spiro atoms. The fourth-order valence-electron chi connectivity index (χ4n) is 0.814. The van der Waals surface area contributed by atoms with Gasteiger partial charge in [0, 0.05) is 7.05 Å². The number of hydrogen-bond donors (Lipinski definition) is 1. The highest BCUT2D eigenvalue weighted by Gasteiger charge is 1.99. The fraction of sp³-hybridized carbons (Fsp3) is 0.250. The second-order valence-electron chi connectivity index (χ2n) is 2.06. The van der Waals surface area contributed by atoms with Gasteiger partial charge in [-0.25, -0.2) is 0 Å². The highest BCUT2D eigenvalue weighted by Crippen LogP contribution is 1.97. The molecular formula is C8H10N2. The van der Waals surface area contributed by atoms with E-state index in [1.165, 1.54) is 0 Å². The predicted octanol–water partition coefficient (Wildman–Crippen LogP) is 1.59. The van der Waals surface area contributed by atoms with Crippen LogP contribution in [-0.4, -0.2) is 18.5 Å². The molecule has 0 aromatic carbocycles. The van der Waals surface area contributed by atoms with Crippen molar-refractivity contribution in [1.82, 2.24) is 0 Å². The van der Waals surface area contributed by atoms with E-state index in [9.17, 15) is 0 Å². The van der Waals surface area contributed by atoms with Gasteiger partial charge in [-0.1, -0.05) is 12.2 Å². The second-order valence-corrected chi connectivity index (χ2v) is 2.06. The lowest BCUT2D eigenvalue weighted by Gasteiger charge is -1.92. The molecule has 0 bridgehead atoms. The summed E-state index contributed by atoms with van der Waals surface area (Å²) in [6, 6.07) is 0. The molecule has 52 valence electrons. The predicted molar refractivity (Wildman–Crippen MR) is 44.0 cm³/mol. The average molecular weight is 134 g/mol. The van der Waals surface area contributed by atoms with Gasteiger partial charge in [0.2, 0.25) is 0 Å². The first-order valence-corrected chi connectivity index (χ1v) is 3.23. The lowest BCUT2D eigenvalue weighted by Crippen LogP contribution is -2.05. The van der Waals surface area contributed by atoms with Crippen LogP contribution in [0.4, 0.5) is 0 Å². The molecular weight excluding hydrogens is 124 g/mol. The Morgan fingerprint density at radius 1 is 1.40 bits per heavy atom. The van der Waals surface area contributed by atoms with Gasteiger partial charge in [0.1, 0.15) is 0 Å². The summed E-state index contributed by atoms with van der Waals surface area (Å²) in [7, 11) is 1.70. The molecule has 0 amide bonds. The van der Waals surface area contributed by atoms with Gasteiger partial charge in [-0.15, -0.1) is 0 Å². The minimum Gasteiger partial charge on any atom is -0.299 e. The Bertz CT molecular complexity index is 221. The number of nitrogens with zero attached hydrogens (tertiary/aromatic N) is 1. The van der Waals surface area contributed by atoms with Crippen molar-refractivity contribution in [2.75, 3.05) is 7.05 Å². The Kier molecular flexibility index (Phi) is 2.15. The maximum atomic E-state index is 7.42. The minimum atomic E-state index is 0.497. The van der Waals surface area contributed by atoms with Crippen LogP contribution in [0.1, 0.15) is 6.42 Å². The lowest BCUT2D eigenvalue weighted by atomic mass is 10.2. The molecule has 0 saturated carbocycles. The molecule has 0 aromatic heterocycles. The summed E-state index contributed by atoms with van der Waals surface area (Å²) in [5, 5.41) is 7.42. The maximum absolute atomic E-state index is 7.42. The number of hydrogen-bond acceptors (Lipinski definition) is 2. The van der Waals surface area contributed by atoms with Crippen LogP contribution in [-0.2, 0) is 0 Å². The van der Waals surface area contributed by atoms with Gasteiger partial charge in [-0.2, -0.15) is 0 Å². The molecule has 0 unspecified atom stereocenters. The van der Waals surface area contributed by atoms with Gasteiger partial charge in [-0.05, 0) is 18.6 Å². The monoisotopic (exact) mass is 134 g/mol. The quantitative estimate of drug-likeness (QED) is 0.522. The summed E-state index contributed by atoms with van der Waals surface area (Å²) >= 11 is 0. The standard InChI is InChI=1S/C8H10N2/c1-10-8-6-4-2-3-5-7(8)9/h3-6,9H,2H2,1H3/b9-7?,10-8-. The molecule has 10 heavy (non-hydrogen) atoms. The molecule has 1 aliphatic rings. The SMILES string of the molecule is C/N=C1/C=CCC=CC1=N. The van der Waals surface area contributed by atoms with E-state index in [1.807, 2.05) is 18.2 Å². The minimum absolute atomic E-state index is 0.497. The van der Waals surface area contributed by atoms with Crippen molar-refractivity contribution >= 4 is 11.4 Å². The van der Waals surface area contributed by atoms with Crippen molar-refractivity contribution in [2.45, 2.75) is 6.42 Å². The third-order valence-electron chi connectivity index (χ3n) is 1.35. The van der Waals surface area contributed by atoms with Crippen LogP contribution in [0.15, 0.2) is 29.3 Å². The fourth-order valence-corrected chi connectivity index (χ4v) is 0.814. The van der Waals surface area contributed by atoms with Crippen molar-refractivity contribution in [3.05, 3.63) is 24.3 Å². The molecule has 2 heteroatoms. The maximum Gasteiger partial charge on any atom is 0.0816 e. The van der Waals surface area contributed by atoms with Gasteiger partial charge in [0.15, 0.2) is 0 Å². The molecule has 0 aromatic rings. The molecule has 0 aliphatic heterocycles. The topological polar surface area (TPSA) is 36.2 Å². The third kappa shape index (κ3) is 1.41. The summed E-state index contributed by atoms with van der Waals surface area (Å²) < 4.78 is 0. The zero-order chi connectivity index (χ0) is 7.40. The largest absolute Gasteiger partial charge is 0.299 e. The van der Waals surface area contributed by atoms with Crippen molar-refractivity contribution in [1.29, 1.82) is 5.41 Å². The van der Waals surface area contributed by atoms with Gasteiger partial charge in [0.05, 0.1) is 11.4 Å². The first-order valence-electron chi connectivity index (χ1n) is 3.23. The molecule has 0 radical (unpaired) electrons. The molecule has 0 fully saturated rings. The van der Waals surface area contributed by atoms with E-state index < -0.39 is 0 Å².